The summed E-state index contributed by atoms with van der Waals surface area (Å²) < 4.78 is 6.09. The van der Waals surface area contributed by atoms with E-state index < -0.39 is 0 Å². The van der Waals surface area contributed by atoms with Crippen LogP contribution in [-0.4, -0.2) is 12.6 Å². The van der Waals surface area contributed by atoms with Gasteiger partial charge in [-0.15, -0.1) is 0 Å². The minimum Gasteiger partial charge on any atom is -0.473 e. The number of carbonyl (C=O) groups is 1. The molecule has 1 aliphatic heterocycles. The molecule has 1 aliphatic rings. The lowest BCUT2D eigenvalue weighted by atomic mass is 10.0. The topological polar surface area (TPSA) is 53.6 Å². The van der Waals surface area contributed by atoms with Crippen molar-refractivity contribution in [3.63, 3.8) is 0 Å². The first kappa shape index (κ1) is 22.7. The highest BCUT2D eigenvalue weighted by molar-refractivity contribution is 6.06. The number of amides is 1. The van der Waals surface area contributed by atoms with Crippen LogP contribution < -0.4 is 20.3 Å². The molecule has 1 amide bonds. The summed E-state index contributed by atoms with van der Waals surface area (Å²) in [6.07, 6.45) is 0. The number of hydrogen-bond acceptors (Lipinski definition) is 4. The summed E-state index contributed by atoms with van der Waals surface area (Å²) in [4.78, 5) is 15.4. The second kappa shape index (κ2) is 9.70. The van der Waals surface area contributed by atoms with Crippen LogP contribution in [0.15, 0.2) is 109 Å². The summed E-state index contributed by atoms with van der Waals surface area (Å²) in [6, 6.07) is 36.1. The Hall–Kier alpha value is -4.77. The van der Waals surface area contributed by atoms with Gasteiger partial charge in [0.15, 0.2) is 6.73 Å². The number of nitrogens with zero attached hydrogens (tertiary/aromatic N) is 1. The molecule has 1 heterocycles. The summed E-state index contributed by atoms with van der Waals surface area (Å²) in [5, 5.41) is 8.86. The predicted molar refractivity (Wildman–Crippen MR) is 151 cm³/mol. The zero-order chi connectivity index (χ0) is 25.2. The van der Waals surface area contributed by atoms with Crippen LogP contribution in [0.5, 0.6) is 5.75 Å². The van der Waals surface area contributed by atoms with E-state index in [1.54, 1.807) is 0 Å². The third-order valence-corrected chi connectivity index (χ3v) is 6.70. The number of ether oxygens (including phenoxy) is 1. The highest BCUT2D eigenvalue weighted by Crippen LogP contribution is 2.34. The molecule has 0 bridgehead atoms. The summed E-state index contributed by atoms with van der Waals surface area (Å²) in [6.45, 7) is 3.20. The zero-order valence-electron chi connectivity index (χ0n) is 20.6. The highest BCUT2D eigenvalue weighted by atomic mass is 16.5. The quantitative estimate of drug-likeness (QED) is 0.271. The normalized spacial score (nSPS) is 12.5. The van der Waals surface area contributed by atoms with Gasteiger partial charge in [-0.2, -0.15) is 0 Å². The first-order valence-corrected chi connectivity index (χ1v) is 12.4. The molecular weight excluding hydrogens is 458 g/mol. The van der Waals surface area contributed by atoms with Crippen molar-refractivity contribution in [3.05, 3.63) is 126 Å². The fourth-order valence-corrected chi connectivity index (χ4v) is 4.70. The predicted octanol–water partition coefficient (Wildman–Crippen LogP) is 7.50. The van der Waals surface area contributed by atoms with Gasteiger partial charge in [0.25, 0.3) is 5.91 Å². The summed E-state index contributed by atoms with van der Waals surface area (Å²) in [5.74, 6) is 0.755. The SMILES string of the molecule is Cc1ccc(Nc2ccccc2NC(=O)c2cccc(N3COc4ccc5ccccc5c4C3)c2)cc1. The van der Waals surface area contributed by atoms with E-state index >= 15 is 0 Å². The molecule has 182 valence electrons. The third-order valence-electron chi connectivity index (χ3n) is 6.70. The molecule has 5 nitrogen and oxygen atoms in total. The van der Waals surface area contributed by atoms with E-state index in [9.17, 15) is 4.79 Å². The Morgan fingerprint density at radius 3 is 2.46 bits per heavy atom. The van der Waals surface area contributed by atoms with Gasteiger partial charge in [0, 0.05) is 22.5 Å². The van der Waals surface area contributed by atoms with Gasteiger partial charge in [0.2, 0.25) is 0 Å². The Labute approximate surface area is 216 Å². The van der Waals surface area contributed by atoms with Crippen molar-refractivity contribution in [1.29, 1.82) is 0 Å². The van der Waals surface area contributed by atoms with Crippen molar-refractivity contribution < 1.29 is 9.53 Å². The molecular formula is C32H27N3O2. The van der Waals surface area contributed by atoms with E-state index in [0.717, 1.165) is 34.1 Å². The van der Waals surface area contributed by atoms with Crippen molar-refractivity contribution in [3.8, 4) is 5.75 Å². The van der Waals surface area contributed by atoms with E-state index in [2.05, 4.69) is 58.9 Å². The van der Waals surface area contributed by atoms with Gasteiger partial charge in [0.1, 0.15) is 5.75 Å². The maximum absolute atomic E-state index is 13.3. The van der Waals surface area contributed by atoms with Gasteiger partial charge in [-0.1, -0.05) is 66.2 Å². The number of benzene rings is 5. The Morgan fingerprint density at radius 1 is 0.811 bits per heavy atom. The second-order valence-corrected chi connectivity index (χ2v) is 9.28. The number of para-hydroxylation sites is 2. The van der Waals surface area contributed by atoms with Crippen LogP contribution in [0.2, 0.25) is 0 Å². The van der Waals surface area contributed by atoms with Crippen molar-refractivity contribution >= 4 is 39.4 Å². The molecule has 0 unspecified atom stereocenters. The Morgan fingerprint density at radius 2 is 1.59 bits per heavy atom. The van der Waals surface area contributed by atoms with Gasteiger partial charge in [0.05, 0.1) is 17.9 Å². The van der Waals surface area contributed by atoms with Crippen LogP contribution in [0.1, 0.15) is 21.5 Å². The number of aryl methyl sites for hydroxylation is 1. The fourth-order valence-electron chi connectivity index (χ4n) is 4.70. The fraction of sp³-hybridized carbons (Fsp3) is 0.0938. The molecule has 0 saturated heterocycles. The van der Waals surface area contributed by atoms with Gasteiger partial charge in [-0.3, -0.25) is 4.79 Å². The molecule has 37 heavy (non-hydrogen) atoms. The minimum absolute atomic E-state index is 0.163. The molecule has 2 N–H and O–H groups in total. The summed E-state index contributed by atoms with van der Waals surface area (Å²) >= 11 is 0. The maximum atomic E-state index is 13.3. The Kier molecular flexibility index (Phi) is 5.95. The molecule has 0 fully saturated rings. The lowest BCUT2D eigenvalue weighted by molar-refractivity contribution is 0.102. The van der Waals surface area contributed by atoms with Crippen LogP contribution >= 0.6 is 0 Å². The lowest BCUT2D eigenvalue weighted by Gasteiger charge is -2.31. The smallest absolute Gasteiger partial charge is 0.255 e. The number of anilines is 4. The van der Waals surface area contributed by atoms with Crippen molar-refractivity contribution in [2.24, 2.45) is 0 Å². The molecule has 0 spiro atoms. The van der Waals surface area contributed by atoms with Gasteiger partial charge in [-0.05, 0) is 66.2 Å². The molecule has 5 heteroatoms. The zero-order valence-corrected chi connectivity index (χ0v) is 20.6. The summed E-state index contributed by atoms with van der Waals surface area (Å²) in [5.41, 5.74) is 6.41. The molecule has 0 aromatic heterocycles. The highest BCUT2D eigenvalue weighted by Gasteiger charge is 2.21. The average Bonchev–Trinajstić information content (AvgIpc) is 2.95. The van der Waals surface area contributed by atoms with Crippen LogP contribution in [0.3, 0.4) is 0 Å². The first-order valence-electron chi connectivity index (χ1n) is 12.4. The molecule has 0 atom stereocenters. The standard InChI is InChI=1S/C32H27N3O2/c1-22-13-16-25(17-14-22)33-29-11-4-5-12-30(29)34-32(36)24-8-6-9-26(19-24)35-20-28-27-10-3-2-7-23(27)15-18-31(28)37-21-35/h2-19,33H,20-21H2,1H3,(H,34,36). The molecule has 5 aromatic rings. The van der Waals surface area contributed by atoms with Crippen LogP contribution in [-0.2, 0) is 6.54 Å². The van der Waals surface area contributed by atoms with E-state index in [1.165, 1.54) is 16.3 Å². The number of rotatable bonds is 5. The maximum Gasteiger partial charge on any atom is 0.255 e. The van der Waals surface area contributed by atoms with Crippen LogP contribution in [0.4, 0.5) is 22.7 Å². The molecule has 0 radical (unpaired) electrons. The van der Waals surface area contributed by atoms with E-state index in [-0.39, 0.29) is 5.91 Å². The summed E-state index contributed by atoms with van der Waals surface area (Å²) in [7, 11) is 0. The van der Waals surface area contributed by atoms with Crippen molar-refractivity contribution in [2.75, 3.05) is 22.3 Å². The van der Waals surface area contributed by atoms with E-state index in [0.29, 0.717) is 18.8 Å². The van der Waals surface area contributed by atoms with Crippen molar-refractivity contribution in [1.82, 2.24) is 0 Å². The molecule has 6 rings (SSSR count). The average molecular weight is 486 g/mol. The second-order valence-electron chi connectivity index (χ2n) is 9.28. The molecule has 0 saturated carbocycles. The van der Waals surface area contributed by atoms with Crippen LogP contribution in [0.25, 0.3) is 10.8 Å². The van der Waals surface area contributed by atoms with Gasteiger partial charge >= 0.3 is 0 Å². The Bertz CT molecular complexity index is 1590. The van der Waals surface area contributed by atoms with E-state index in [4.69, 9.17) is 4.74 Å². The van der Waals surface area contributed by atoms with Crippen molar-refractivity contribution in [2.45, 2.75) is 13.5 Å². The van der Waals surface area contributed by atoms with Crippen LogP contribution in [0, 0.1) is 6.92 Å². The number of hydrogen-bond donors (Lipinski definition) is 2. The number of fused-ring (bicyclic) bond motifs is 3. The largest absolute Gasteiger partial charge is 0.473 e. The van der Waals surface area contributed by atoms with Gasteiger partial charge in [-0.25, -0.2) is 0 Å². The van der Waals surface area contributed by atoms with E-state index in [1.807, 2.05) is 72.8 Å². The molecule has 5 aromatic carbocycles. The third kappa shape index (κ3) is 4.71. The first-order chi connectivity index (χ1) is 18.1. The van der Waals surface area contributed by atoms with Gasteiger partial charge < -0.3 is 20.3 Å². The molecule has 0 aliphatic carbocycles. The minimum atomic E-state index is -0.163. The number of nitrogens with one attached hydrogen (secondary N) is 2. The number of carbonyl (C=O) groups excluding carboxylic acids is 1. The Balaban J connectivity index is 1.22. The lowest BCUT2D eigenvalue weighted by Crippen LogP contribution is -2.32. The monoisotopic (exact) mass is 485 g/mol.